The highest BCUT2D eigenvalue weighted by Gasteiger charge is 2.13. The Labute approximate surface area is 145 Å². The van der Waals surface area contributed by atoms with Gasteiger partial charge in [0.05, 0.1) is 24.9 Å². The van der Waals surface area contributed by atoms with Crippen molar-refractivity contribution in [2.75, 3.05) is 13.7 Å². The molecule has 0 atom stereocenters. The van der Waals surface area contributed by atoms with Crippen molar-refractivity contribution in [3.8, 4) is 11.5 Å². The number of nitrogens with one attached hydrogen (secondary N) is 1. The molecule has 0 aliphatic carbocycles. The van der Waals surface area contributed by atoms with Crippen LogP contribution in [-0.2, 0) is 17.9 Å². The zero-order valence-electron chi connectivity index (χ0n) is 12.5. The molecule has 1 amide bonds. The number of nitrogens with two attached hydrogens (primary N) is 1. The summed E-state index contributed by atoms with van der Waals surface area (Å²) in [5, 5.41) is 3.59. The van der Waals surface area contributed by atoms with Crippen LogP contribution < -0.4 is 20.5 Å². The maximum Gasteiger partial charge on any atom is 0.255 e. The highest BCUT2D eigenvalue weighted by Crippen LogP contribution is 2.36. The molecule has 6 nitrogen and oxygen atoms in total. The van der Waals surface area contributed by atoms with Gasteiger partial charge in [-0.2, -0.15) is 0 Å². The van der Waals surface area contributed by atoms with Gasteiger partial charge in [0.15, 0.2) is 18.1 Å². The molecule has 1 aromatic carbocycles. The van der Waals surface area contributed by atoms with Crippen molar-refractivity contribution in [2.45, 2.75) is 13.1 Å². The number of hydrogen-bond acceptors (Lipinski definition) is 5. The van der Waals surface area contributed by atoms with Gasteiger partial charge in [0.25, 0.3) is 5.91 Å². The van der Waals surface area contributed by atoms with Crippen molar-refractivity contribution in [3.05, 3.63) is 46.9 Å². The van der Waals surface area contributed by atoms with Crippen LogP contribution in [0.1, 0.15) is 11.3 Å². The summed E-state index contributed by atoms with van der Waals surface area (Å²) in [6.07, 6.45) is 1.63. The van der Waals surface area contributed by atoms with Crippen LogP contribution in [-0.4, -0.2) is 19.6 Å². The molecule has 23 heavy (non-hydrogen) atoms. The number of primary amides is 1. The quantitative estimate of drug-likeness (QED) is 0.755. The van der Waals surface area contributed by atoms with E-state index in [1.165, 1.54) is 7.11 Å². The maximum absolute atomic E-state index is 10.8. The summed E-state index contributed by atoms with van der Waals surface area (Å²) >= 11 is 6.17. The molecule has 0 aliphatic rings. The van der Waals surface area contributed by atoms with Crippen LogP contribution in [0.15, 0.2) is 34.9 Å². The fraction of sp³-hybridized carbons (Fsp3) is 0.267. The zero-order chi connectivity index (χ0) is 15.9. The van der Waals surface area contributed by atoms with Crippen molar-refractivity contribution >= 4 is 29.9 Å². The van der Waals surface area contributed by atoms with Gasteiger partial charge < -0.3 is 24.9 Å². The molecule has 126 valence electrons. The maximum atomic E-state index is 10.8. The second-order valence-corrected chi connectivity index (χ2v) is 4.95. The lowest BCUT2D eigenvalue weighted by Gasteiger charge is -2.13. The van der Waals surface area contributed by atoms with Crippen LogP contribution in [0.5, 0.6) is 11.5 Å². The predicted octanol–water partition coefficient (Wildman–Crippen LogP) is 2.52. The lowest BCUT2D eigenvalue weighted by atomic mass is 10.2. The predicted molar refractivity (Wildman–Crippen MR) is 89.2 cm³/mol. The van der Waals surface area contributed by atoms with E-state index in [-0.39, 0.29) is 19.0 Å². The second-order valence-electron chi connectivity index (χ2n) is 4.55. The van der Waals surface area contributed by atoms with Crippen LogP contribution in [0, 0.1) is 0 Å². The van der Waals surface area contributed by atoms with E-state index in [1.54, 1.807) is 18.4 Å². The smallest absolute Gasteiger partial charge is 0.255 e. The van der Waals surface area contributed by atoms with Crippen molar-refractivity contribution in [3.63, 3.8) is 0 Å². The molecule has 1 heterocycles. The Morgan fingerprint density at radius 2 is 2.17 bits per heavy atom. The molecule has 8 heteroatoms. The van der Waals surface area contributed by atoms with Crippen molar-refractivity contribution in [1.82, 2.24) is 5.32 Å². The average molecular weight is 361 g/mol. The molecular weight excluding hydrogens is 343 g/mol. The number of benzene rings is 1. The van der Waals surface area contributed by atoms with Crippen LogP contribution >= 0.6 is 24.0 Å². The fourth-order valence-corrected chi connectivity index (χ4v) is 2.19. The molecule has 0 aliphatic heterocycles. The van der Waals surface area contributed by atoms with Gasteiger partial charge in [0.2, 0.25) is 0 Å². The zero-order valence-corrected chi connectivity index (χ0v) is 14.1. The van der Waals surface area contributed by atoms with Gasteiger partial charge in [0.1, 0.15) is 5.76 Å². The Balaban J connectivity index is 0.00000264. The minimum absolute atomic E-state index is 0. The summed E-state index contributed by atoms with van der Waals surface area (Å²) < 4.78 is 15.8. The number of methoxy groups -OCH3 is 1. The molecule has 2 rings (SSSR count). The number of ether oxygens (including phenoxy) is 2. The summed E-state index contributed by atoms with van der Waals surface area (Å²) in [5.74, 6) is 1.02. The number of furan rings is 1. The summed E-state index contributed by atoms with van der Waals surface area (Å²) in [5.41, 5.74) is 5.97. The first-order chi connectivity index (χ1) is 10.6. The Hall–Kier alpha value is -1.89. The first-order valence-electron chi connectivity index (χ1n) is 6.60. The number of hydrogen-bond donors (Lipinski definition) is 2. The van der Waals surface area contributed by atoms with Crippen LogP contribution in [0.25, 0.3) is 0 Å². The molecule has 0 fully saturated rings. The highest BCUT2D eigenvalue weighted by atomic mass is 35.5. The Morgan fingerprint density at radius 1 is 1.39 bits per heavy atom. The van der Waals surface area contributed by atoms with Gasteiger partial charge in [-0.25, -0.2) is 0 Å². The van der Waals surface area contributed by atoms with Gasteiger partial charge in [-0.3, -0.25) is 4.79 Å². The largest absolute Gasteiger partial charge is 0.493 e. The molecule has 0 radical (unpaired) electrons. The molecule has 1 aromatic heterocycles. The lowest BCUT2D eigenvalue weighted by molar-refractivity contribution is -0.119. The summed E-state index contributed by atoms with van der Waals surface area (Å²) in [6, 6.07) is 7.26. The highest BCUT2D eigenvalue weighted by molar-refractivity contribution is 6.32. The third-order valence-electron chi connectivity index (χ3n) is 2.86. The molecule has 0 bridgehead atoms. The molecule has 0 unspecified atom stereocenters. The monoisotopic (exact) mass is 360 g/mol. The third-order valence-corrected chi connectivity index (χ3v) is 3.14. The van der Waals surface area contributed by atoms with Crippen molar-refractivity contribution < 1.29 is 18.7 Å². The third kappa shape index (κ3) is 5.67. The van der Waals surface area contributed by atoms with Gasteiger partial charge in [-0.15, -0.1) is 12.4 Å². The van der Waals surface area contributed by atoms with Crippen LogP contribution in [0.3, 0.4) is 0 Å². The van der Waals surface area contributed by atoms with Crippen LogP contribution in [0.2, 0.25) is 5.02 Å². The standard InChI is InChI=1S/C15H17ClN2O4.ClH/c1-20-13-6-10(7-18-8-11-3-2-4-21-11)5-12(16)15(13)22-9-14(17)19;/h2-6,18H,7-9H2,1H3,(H2,17,19);1H. The molecule has 2 aromatic rings. The van der Waals surface area contributed by atoms with Gasteiger partial charge in [-0.1, -0.05) is 11.6 Å². The minimum Gasteiger partial charge on any atom is -0.493 e. The molecule has 0 spiro atoms. The van der Waals surface area contributed by atoms with E-state index >= 15 is 0 Å². The number of carbonyl (C=O) groups is 1. The van der Waals surface area contributed by atoms with Crippen molar-refractivity contribution in [1.29, 1.82) is 0 Å². The molecule has 0 saturated carbocycles. The van der Waals surface area contributed by atoms with E-state index in [9.17, 15) is 4.79 Å². The Kier molecular flexibility index (Phi) is 7.74. The SMILES string of the molecule is COc1cc(CNCc2ccco2)cc(Cl)c1OCC(N)=O.Cl. The summed E-state index contributed by atoms with van der Waals surface area (Å²) in [7, 11) is 1.50. The van der Waals surface area contributed by atoms with Gasteiger partial charge >= 0.3 is 0 Å². The van der Waals surface area contributed by atoms with E-state index in [0.29, 0.717) is 29.6 Å². The molecule has 0 saturated heterocycles. The van der Waals surface area contributed by atoms with Crippen molar-refractivity contribution in [2.24, 2.45) is 5.73 Å². The van der Waals surface area contributed by atoms with E-state index in [2.05, 4.69) is 5.32 Å². The molecular formula is C15H18Cl2N2O4. The lowest BCUT2D eigenvalue weighted by Crippen LogP contribution is -2.20. The van der Waals surface area contributed by atoms with E-state index in [1.807, 2.05) is 12.1 Å². The number of amides is 1. The van der Waals surface area contributed by atoms with Gasteiger partial charge in [0, 0.05) is 6.54 Å². The number of rotatable bonds is 8. The fourth-order valence-electron chi connectivity index (χ4n) is 1.90. The Bertz CT molecular complexity index is 633. The summed E-state index contributed by atoms with van der Waals surface area (Å²) in [4.78, 5) is 10.8. The average Bonchev–Trinajstić information content (AvgIpc) is 2.98. The first-order valence-corrected chi connectivity index (χ1v) is 6.98. The Morgan fingerprint density at radius 3 is 2.78 bits per heavy atom. The summed E-state index contributed by atoms with van der Waals surface area (Å²) in [6.45, 7) is 0.923. The second kappa shape index (κ2) is 9.29. The van der Waals surface area contributed by atoms with Gasteiger partial charge in [-0.05, 0) is 29.8 Å². The van der Waals surface area contributed by atoms with E-state index < -0.39 is 5.91 Å². The normalized spacial score (nSPS) is 10.0. The first kappa shape index (κ1) is 19.2. The number of halogens is 2. The van der Waals surface area contributed by atoms with Crippen LogP contribution in [0.4, 0.5) is 0 Å². The van der Waals surface area contributed by atoms with E-state index in [0.717, 1.165) is 11.3 Å². The molecule has 3 N–H and O–H groups in total. The minimum atomic E-state index is -0.581. The number of carbonyl (C=O) groups excluding carboxylic acids is 1. The van der Waals surface area contributed by atoms with E-state index in [4.69, 9.17) is 31.2 Å². The topological polar surface area (TPSA) is 86.7 Å².